The Morgan fingerprint density at radius 2 is 1.17 bits per heavy atom. The average Bonchev–Trinajstić information content (AvgIpc) is 0.722. The topological polar surface area (TPSA) is 80.3 Å². The molecule has 0 saturated carbocycles. The van der Waals surface area contributed by atoms with Gasteiger partial charge in [0.25, 0.3) is 0 Å². The second kappa shape index (κ2) is 2.69. The molecule has 4 nitrogen and oxygen atoms in total. The minimum absolute atomic E-state index is 0. The summed E-state index contributed by atoms with van der Waals surface area (Å²) in [6.45, 7) is 0. The Labute approximate surface area is 46.9 Å². The predicted molar refractivity (Wildman–Crippen MR) is 7.13 cm³/mol. The van der Waals surface area contributed by atoms with Crippen LogP contribution in [0.25, 0.3) is 0 Å². The quantitative estimate of drug-likeness (QED) is 0.396. The standard InChI is InChI=1S/Cu.H2O4Se/c;1-5(2,3)4/h;(H2,1,2,3,4)/q+2;/p-2. The zero-order valence-electron chi connectivity index (χ0n) is 2.34. The van der Waals surface area contributed by atoms with Crippen LogP contribution >= 0.6 is 0 Å². The zero-order valence-corrected chi connectivity index (χ0v) is 5.00. The maximum atomic E-state index is 8.59. The van der Waals surface area contributed by atoms with Crippen molar-refractivity contribution in [2.24, 2.45) is 0 Å². The summed E-state index contributed by atoms with van der Waals surface area (Å²) in [5, 5.41) is 0. The van der Waals surface area contributed by atoms with Crippen molar-refractivity contribution in [1.82, 2.24) is 0 Å². The maximum Gasteiger partial charge on any atom is 2.00 e. The molecule has 0 aromatic carbocycles. The third-order valence-electron chi connectivity index (χ3n) is 0. The molecule has 6 heavy (non-hydrogen) atoms. The molecule has 0 aromatic rings. The van der Waals surface area contributed by atoms with E-state index >= 15 is 0 Å². The van der Waals surface area contributed by atoms with Crippen LogP contribution in [0.4, 0.5) is 0 Å². The molecule has 0 fully saturated rings. The van der Waals surface area contributed by atoms with Gasteiger partial charge in [0.05, 0.1) is 0 Å². The first-order chi connectivity index (χ1) is 2.00. The van der Waals surface area contributed by atoms with E-state index in [0.29, 0.717) is 0 Å². The molecular weight excluding hydrogens is 207 g/mol. The normalized spacial score (nSPS) is 9.67. The summed E-state index contributed by atoms with van der Waals surface area (Å²) in [5.41, 5.74) is 0. The summed E-state index contributed by atoms with van der Waals surface area (Å²) in [7, 11) is 0. The predicted octanol–water partition coefficient (Wildman–Crippen LogP) is -3.00. The van der Waals surface area contributed by atoms with E-state index in [-0.39, 0.29) is 17.1 Å². The molecule has 0 aliphatic carbocycles. The van der Waals surface area contributed by atoms with Gasteiger partial charge < -0.3 is 0 Å². The molecule has 41 valence electrons. The second-order valence-corrected chi connectivity index (χ2v) is 2.12. The van der Waals surface area contributed by atoms with Crippen LogP contribution in [0.2, 0.25) is 0 Å². The van der Waals surface area contributed by atoms with E-state index in [1.165, 1.54) is 0 Å². The molecule has 0 rings (SSSR count). The van der Waals surface area contributed by atoms with Crippen LogP contribution < -0.4 is 8.38 Å². The van der Waals surface area contributed by atoms with Gasteiger partial charge in [0.15, 0.2) is 0 Å². The number of hydrogen-bond acceptors (Lipinski definition) is 4. The molecule has 0 spiro atoms. The molecular formula is CuO4Se. The smallest absolute Gasteiger partial charge is 2.00 e. The number of hydrogen-bond donors (Lipinski definition) is 0. The molecule has 0 atom stereocenters. The van der Waals surface area contributed by atoms with E-state index in [4.69, 9.17) is 16.0 Å². The van der Waals surface area contributed by atoms with Gasteiger partial charge in [-0.25, -0.2) is 0 Å². The van der Waals surface area contributed by atoms with Gasteiger partial charge in [-0.05, 0) is 0 Å². The summed E-state index contributed by atoms with van der Waals surface area (Å²) in [4.78, 5) is 0. The van der Waals surface area contributed by atoms with Gasteiger partial charge in [-0.15, -0.1) is 0 Å². The van der Waals surface area contributed by atoms with Crippen LogP contribution in [0.5, 0.6) is 0 Å². The second-order valence-electron chi connectivity index (χ2n) is 0.408. The van der Waals surface area contributed by atoms with Crippen molar-refractivity contribution < 1.29 is 33.1 Å². The van der Waals surface area contributed by atoms with Gasteiger partial charge in [0, 0.05) is 0 Å². The molecule has 0 heterocycles. The summed E-state index contributed by atoms with van der Waals surface area (Å²) < 4.78 is 34.4. The van der Waals surface area contributed by atoms with Crippen LogP contribution in [0.3, 0.4) is 0 Å². The van der Waals surface area contributed by atoms with Crippen LogP contribution in [-0.4, -0.2) is 13.4 Å². The van der Waals surface area contributed by atoms with Crippen LogP contribution in [0.1, 0.15) is 0 Å². The van der Waals surface area contributed by atoms with Crippen molar-refractivity contribution in [3.63, 3.8) is 0 Å². The van der Waals surface area contributed by atoms with Crippen molar-refractivity contribution in [1.29, 1.82) is 0 Å². The van der Waals surface area contributed by atoms with E-state index in [2.05, 4.69) is 0 Å². The van der Waals surface area contributed by atoms with Crippen molar-refractivity contribution in [2.75, 3.05) is 0 Å². The molecule has 0 unspecified atom stereocenters. The van der Waals surface area contributed by atoms with E-state index in [0.717, 1.165) is 0 Å². The van der Waals surface area contributed by atoms with Crippen molar-refractivity contribution in [3.8, 4) is 0 Å². The first-order valence-corrected chi connectivity index (χ1v) is 3.46. The van der Waals surface area contributed by atoms with Gasteiger partial charge in [0.2, 0.25) is 0 Å². The fourth-order valence-corrected chi connectivity index (χ4v) is 0. The van der Waals surface area contributed by atoms with E-state index in [9.17, 15) is 0 Å². The van der Waals surface area contributed by atoms with Gasteiger partial charge >= 0.3 is 46.5 Å². The first-order valence-electron chi connectivity index (χ1n) is 0.667. The van der Waals surface area contributed by atoms with E-state index in [1.54, 1.807) is 0 Å². The molecule has 0 amide bonds. The van der Waals surface area contributed by atoms with Gasteiger partial charge in [-0.1, -0.05) is 0 Å². The molecule has 1 radical (unpaired) electrons. The number of rotatable bonds is 0. The van der Waals surface area contributed by atoms with Gasteiger partial charge in [-0.3, -0.25) is 0 Å². The van der Waals surface area contributed by atoms with Crippen molar-refractivity contribution in [3.05, 3.63) is 0 Å². The molecule has 0 bridgehead atoms. The van der Waals surface area contributed by atoms with Gasteiger partial charge in [-0.2, -0.15) is 0 Å². The van der Waals surface area contributed by atoms with Crippen LogP contribution in [-0.2, 0) is 24.7 Å². The molecule has 0 saturated heterocycles. The monoisotopic (exact) mass is 207 g/mol. The Morgan fingerprint density at radius 3 is 1.17 bits per heavy atom. The van der Waals surface area contributed by atoms with E-state index < -0.39 is 13.4 Å². The Balaban J connectivity index is 0. The van der Waals surface area contributed by atoms with Crippen molar-refractivity contribution in [2.45, 2.75) is 0 Å². The average molecular weight is 207 g/mol. The summed E-state index contributed by atoms with van der Waals surface area (Å²) in [5.74, 6) is 0. The fraction of sp³-hybridized carbons (Fsp3) is 0. The minimum atomic E-state index is -5.75. The Morgan fingerprint density at radius 1 is 1.17 bits per heavy atom. The Kier molecular flexibility index (Phi) is 4.37. The minimum Gasteiger partial charge on any atom is 2.00 e. The Hall–Kier alpha value is 0.559. The summed E-state index contributed by atoms with van der Waals surface area (Å²) >= 11 is -5.75. The third-order valence-corrected chi connectivity index (χ3v) is 0. The van der Waals surface area contributed by atoms with Crippen molar-refractivity contribution >= 4 is 13.4 Å². The van der Waals surface area contributed by atoms with Crippen LogP contribution in [0, 0.1) is 0 Å². The zero-order chi connectivity index (χ0) is 4.50. The summed E-state index contributed by atoms with van der Waals surface area (Å²) in [6, 6.07) is 0. The summed E-state index contributed by atoms with van der Waals surface area (Å²) in [6.07, 6.45) is 0. The molecule has 0 aliphatic heterocycles. The largest absolute Gasteiger partial charge is 2.00 e. The maximum absolute atomic E-state index is 8.59. The first kappa shape index (κ1) is 9.75. The third kappa shape index (κ3) is 185. The van der Waals surface area contributed by atoms with Crippen LogP contribution in [0.15, 0.2) is 0 Å². The fourth-order valence-electron chi connectivity index (χ4n) is 0. The molecule has 6 heteroatoms. The molecule has 0 aliphatic rings. The Bertz CT molecular complexity index is 90.7. The SMILES string of the molecule is O=[Se](=O)([O-])[O-].[Cu+2]. The molecule has 0 aromatic heterocycles. The molecule has 0 N–H and O–H groups in total. The van der Waals surface area contributed by atoms with Gasteiger partial charge in [0.1, 0.15) is 0 Å². The van der Waals surface area contributed by atoms with E-state index in [1.807, 2.05) is 0 Å².